The molecule has 1 fully saturated rings. The zero-order valence-corrected chi connectivity index (χ0v) is 13.2. The molecule has 0 aromatic heterocycles. The highest BCUT2D eigenvalue weighted by atomic mass is 32.2. The number of sulfone groups is 1. The second-order valence-corrected chi connectivity index (χ2v) is 8.92. The molecule has 1 heterocycles. The molecule has 1 N–H and O–H groups in total. The van der Waals surface area contributed by atoms with Gasteiger partial charge in [0.2, 0.25) is 0 Å². The van der Waals surface area contributed by atoms with Gasteiger partial charge in [-0.25, -0.2) is 8.42 Å². The van der Waals surface area contributed by atoms with E-state index < -0.39 is 9.84 Å². The van der Waals surface area contributed by atoms with Crippen molar-refractivity contribution in [1.29, 1.82) is 0 Å². The molecule has 0 aromatic rings. The van der Waals surface area contributed by atoms with Gasteiger partial charge in [0.1, 0.15) is 0 Å². The SMILES string of the molecule is CC(CNC(C)(C)C)CN1CCS(=O)(=O)CC1C. The molecule has 2 atom stereocenters. The first kappa shape index (κ1) is 15.9. The van der Waals surface area contributed by atoms with Crippen LogP contribution in [0.5, 0.6) is 0 Å². The highest BCUT2D eigenvalue weighted by molar-refractivity contribution is 7.91. The maximum Gasteiger partial charge on any atom is 0.153 e. The minimum Gasteiger partial charge on any atom is -0.312 e. The van der Waals surface area contributed by atoms with Crippen LogP contribution in [0.4, 0.5) is 0 Å². The first-order valence-corrected chi connectivity index (χ1v) is 8.61. The van der Waals surface area contributed by atoms with E-state index in [4.69, 9.17) is 0 Å². The average molecular weight is 276 g/mol. The maximum atomic E-state index is 11.5. The average Bonchev–Trinajstić information content (AvgIpc) is 2.18. The summed E-state index contributed by atoms with van der Waals surface area (Å²) in [6.45, 7) is 13.3. The van der Waals surface area contributed by atoms with Gasteiger partial charge in [-0.15, -0.1) is 0 Å². The fourth-order valence-corrected chi connectivity index (χ4v) is 3.87. The van der Waals surface area contributed by atoms with Crippen molar-refractivity contribution in [2.75, 3.05) is 31.1 Å². The molecule has 0 bridgehead atoms. The van der Waals surface area contributed by atoms with E-state index in [0.29, 0.717) is 24.0 Å². The van der Waals surface area contributed by atoms with Crippen LogP contribution in [0.3, 0.4) is 0 Å². The molecule has 1 aliphatic rings. The Bertz CT molecular complexity index is 360. The smallest absolute Gasteiger partial charge is 0.153 e. The summed E-state index contributed by atoms with van der Waals surface area (Å²) in [6.07, 6.45) is 0. The van der Waals surface area contributed by atoms with Crippen LogP contribution >= 0.6 is 0 Å². The van der Waals surface area contributed by atoms with Gasteiger partial charge in [0.15, 0.2) is 9.84 Å². The Morgan fingerprint density at radius 3 is 2.50 bits per heavy atom. The fourth-order valence-electron chi connectivity index (χ4n) is 2.25. The van der Waals surface area contributed by atoms with Gasteiger partial charge in [0, 0.05) is 24.7 Å². The van der Waals surface area contributed by atoms with E-state index in [2.05, 4.69) is 37.9 Å². The minimum atomic E-state index is -2.79. The first-order valence-electron chi connectivity index (χ1n) is 6.78. The molecular weight excluding hydrogens is 248 g/mol. The van der Waals surface area contributed by atoms with Crippen molar-refractivity contribution in [2.24, 2.45) is 5.92 Å². The van der Waals surface area contributed by atoms with Crippen molar-refractivity contribution in [3.63, 3.8) is 0 Å². The Balaban J connectivity index is 2.39. The van der Waals surface area contributed by atoms with Gasteiger partial charge in [0.25, 0.3) is 0 Å². The molecule has 2 unspecified atom stereocenters. The van der Waals surface area contributed by atoms with Crippen molar-refractivity contribution < 1.29 is 8.42 Å². The van der Waals surface area contributed by atoms with Crippen LogP contribution in [0.1, 0.15) is 34.6 Å². The van der Waals surface area contributed by atoms with E-state index in [1.165, 1.54) is 0 Å². The highest BCUT2D eigenvalue weighted by Crippen LogP contribution is 2.13. The molecule has 5 heteroatoms. The third-order valence-corrected chi connectivity index (χ3v) is 5.13. The molecule has 1 rings (SSSR count). The van der Waals surface area contributed by atoms with Crippen molar-refractivity contribution in [3.05, 3.63) is 0 Å². The van der Waals surface area contributed by atoms with Crippen LogP contribution in [0.25, 0.3) is 0 Å². The quantitative estimate of drug-likeness (QED) is 0.836. The monoisotopic (exact) mass is 276 g/mol. The van der Waals surface area contributed by atoms with Crippen molar-refractivity contribution in [3.8, 4) is 0 Å². The van der Waals surface area contributed by atoms with E-state index in [1.807, 2.05) is 6.92 Å². The van der Waals surface area contributed by atoms with Gasteiger partial charge in [-0.2, -0.15) is 0 Å². The normalized spacial score (nSPS) is 27.1. The van der Waals surface area contributed by atoms with Crippen LogP contribution in [-0.2, 0) is 9.84 Å². The lowest BCUT2D eigenvalue weighted by molar-refractivity contribution is 0.191. The van der Waals surface area contributed by atoms with Crippen LogP contribution in [0, 0.1) is 5.92 Å². The summed E-state index contributed by atoms with van der Waals surface area (Å²) in [5, 5.41) is 3.50. The molecule has 4 nitrogen and oxygen atoms in total. The minimum absolute atomic E-state index is 0.144. The lowest BCUT2D eigenvalue weighted by Crippen LogP contribution is -2.50. The van der Waals surface area contributed by atoms with Crippen LogP contribution < -0.4 is 5.32 Å². The zero-order valence-electron chi connectivity index (χ0n) is 12.4. The van der Waals surface area contributed by atoms with E-state index >= 15 is 0 Å². The topological polar surface area (TPSA) is 49.4 Å². The fraction of sp³-hybridized carbons (Fsp3) is 1.00. The Hall–Kier alpha value is -0.130. The summed E-state index contributed by atoms with van der Waals surface area (Å²) in [7, 11) is -2.79. The third kappa shape index (κ3) is 5.67. The third-order valence-electron chi connectivity index (χ3n) is 3.34. The van der Waals surface area contributed by atoms with Gasteiger partial charge in [-0.3, -0.25) is 4.90 Å². The van der Waals surface area contributed by atoms with Crippen molar-refractivity contribution >= 4 is 9.84 Å². The molecule has 0 spiro atoms. The number of nitrogens with one attached hydrogen (secondary N) is 1. The van der Waals surface area contributed by atoms with Gasteiger partial charge in [0.05, 0.1) is 11.5 Å². The summed E-state index contributed by atoms with van der Waals surface area (Å²) < 4.78 is 23.0. The molecule has 1 aliphatic heterocycles. The molecule has 108 valence electrons. The summed E-state index contributed by atoms with van der Waals surface area (Å²) >= 11 is 0. The van der Waals surface area contributed by atoms with Crippen LogP contribution in [0.15, 0.2) is 0 Å². The zero-order chi connectivity index (χ0) is 14.0. The molecule has 18 heavy (non-hydrogen) atoms. The van der Waals surface area contributed by atoms with E-state index in [-0.39, 0.29) is 11.6 Å². The van der Waals surface area contributed by atoms with Gasteiger partial charge in [-0.05, 0) is 40.2 Å². The number of nitrogens with zero attached hydrogens (tertiary/aromatic N) is 1. The van der Waals surface area contributed by atoms with Gasteiger partial charge in [-0.1, -0.05) is 6.92 Å². The molecular formula is C13H28N2O2S. The lowest BCUT2D eigenvalue weighted by atomic mass is 10.1. The predicted octanol–water partition coefficient (Wildman–Crippen LogP) is 1.13. The molecule has 0 radical (unpaired) electrons. The molecule has 0 aromatic carbocycles. The van der Waals surface area contributed by atoms with Crippen molar-refractivity contribution in [2.45, 2.75) is 46.2 Å². The summed E-state index contributed by atoms with van der Waals surface area (Å²) in [5.41, 5.74) is 0.144. The maximum absolute atomic E-state index is 11.5. The molecule has 1 saturated heterocycles. The van der Waals surface area contributed by atoms with Crippen molar-refractivity contribution in [1.82, 2.24) is 10.2 Å². The largest absolute Gasteiger partial charge is 0.312 e. The Kier molecular flexibility index (Phi) is 5.21. The summed E-state index contributed by atoms with van der Waals surface area (Å²) in [5.74, 6) is 1.16. The number of hydrogen-bond acceptors (Lipinski definition) is 4. The predicted molar refractivity (Wildman–Crippen MR) is 76.6 cm³/mol. The number of rotatable bonds is 4. The summed E-state index contributed by atoms with van der Waals surface area (Å²) in [4.78, 5) is 2.30. The second-order valence-electron chi connectivity index (χ2n) is 6.69. The first-order chi connectivity index (χ1) is 8.09. The summed E-state index contributed by atoms with van der Waals surface area (Å²) in [6, 6.07) is 0.154. The Labute approximate surface area is 112 Å². The lowest BCUT2D eigenvalue weighted by Gasteiger charge is -2.35. The number of hydrogen-bond donors (Lipinski definition) is 1. The molecule has 0 aliphatic carbocycles. The van der Waals surface area contributed by atoms with Crippen LogP contribution in [0.2, 0.25) is 0 Å². The highest BCUT2D eigenvalue weighted by Gasteiger charge is 2.28. The van der Waals surface area contributed by atoms with E-state index in [1.54, 1.807) is 0 Å². The molecule has 0 amide bonds. The molecule has 0 saturated carbocycles. The second kappa shape index (κ2) is 5.88. The Morgan fingerprint density at radius 2 is 2.00 bits per heavy atom. The standard InChI is InChI=1S/C13H28N2O2S/c1-11(8-14-13(3,4)5)9-15-6-7-18(16,17)10-12(15)2/h11-12,14H,6-10H2,1-5H3. The Morgan fingerprint density at radius 1 is 1.39 bits per heavy atom. The van der Waals surface area contributed by atoms with Gasteiger partial charge >= 0.3 is 0 Å². The van der Waals surface area contributed by atoms with Crippen LogP contribution in [-0.4, -0.2) is 56.0 Å². The van der Waals surface area contributed by atoms with E-state index in [9.17, 15) is 8.42 Å². The van der Waals surface area contributed by atoms with E-state index in [0.717, 1.165) is 13.1 Å². The van der Waals surface area contributed by atoms with Gasteiger partial charge < -0.3 is 5.32 Å².